The highest BCUT2D eigenvalue weighted by atomic mass is 19.3. The molecule has 0 bridgehead atoms. The summed E-state index contributed by atoms with van der Waals surface area (Å²) in [5.41, 5.74) is 0.784. The molecule has 0 unspecified atom stereocenters. The van der Waals surface area contributed by atoms with Gasteiger partial charge in [0.25, 0.3) is 0 Å². The molecule has 1 aromatic carbocycles. The number of anilines is 1. The normalized spacial score (nSPS) is 10.2. The zero-order chi connectivity index (χ0) is 15.2. The van der Waals surface area contributed by atoms with Crippen LogP contribution in [-0.2, 0) is 6.54 Å². The van der Waals surface area contributed by atoms with E-state index in [4.69, 9.17) is 5.26 Å². The third-order valence-corrected chi connectivity index (χ3v) is 2.61. The van der Waals surface area contributed by atoms with Gasteiger partial charge in [-0.1, -0.05) is 6.07 Å². The van der Waals surface area contributed by atoms with Crippen molar-refractivity contribution in [2.24, 2.45) is 0 Å². The average Bonchev–Trinajstić information content (AvgIpc) is 2.46. The highest BCUT2D eigenvalue weighted by Crippen LogP contribution is 2.19. The van der Waals surface area contributed by atoms with E-state index in [9.17, 15) is 13.2 Å². The predicted octanol–water partition coefficient (Wildman–Crippen LogP) is 3.31. The van der Waals surface area contributed by atoms with Crippen molar-refractivity contribution in [3.05, 3.63) is 53.6 Å². The van der Waals surface area contributed by atoms with E-state index < -0.39 is 12.4 Å². The number of pyridine rings is 1. The second-order valence-electron chi connectivity index (χ2n) is 3.99. The molecule has 4 nitrogen and oxygen atoms in total. The Morgan fingerprint density at radius 2 is 2.10 bits per heavy atom. The molecule has 21 heavy (non-hydrogen) atoms. The Kier molecular flexibility index (Phi) is 4.61. The summed E-state index contributed by atoms with van der Waals surface area (Å²) in [4.78, 5) is 3.93. The fraction of sp³-hybridized carbons (Fsp3) is 0.143. The Morgan fingerprint density at radius 1 is 1.29 bits per heavy atom. The fourth-order valence-electron chi connectivity index (χ4n) is 1.66. The molecule has 0 atom stereocenters. The first-order valence-corrected chi connectivity index (χ1v) is 5.92. The maximum Gasteiger partial charge on any atom is 0.387 e. The van der Waals surface area contributed by atoms with Crippen molar-refractivity contribution in [3.8, 4) is 11.8 Å². The summed E-state index contributed by atoms with van der Waals surface area (Å²) < 4.78 is 41.5. The molecule has 1 heterocycles. The summed E-state index contributed by atoms with van der Waals surface area (Å²) >= 11 is 0. The highest BCUT2D eigenvalue weighted by molar-refractivity contribution is 5.57. The molecule has 2 aromatic rings. The molecule has 0 amide bonds. The van der Waals surface area contributed by atoms with Crippen molar-refractivity contribution in [1.29, 1.82) is 5.26 Å². The van der Waals surface area contributed by atoms with Gasteiger partial charge >= 0.3 is 6.61 Å². The standard InChI is InChI=1S/C14H10F3N3O/c15-12-2-1-3-13(11(12)6-18)20-7-9-4-5-10(8-19-9)21-14(16)17/h1-5,8,14,20H,7H2. The lowest BCUT2D eigenvalue weighted by molar-refractivity contribution is -0.0500. The number of aromatic nitrogens is 1. The molecule has 0 radical (unpaired) electrons. The molecule has 0 aliphatic rings. The molecular formula is C14H10F3N3O. The lowest BCUT2D eigenvalue weighted by Gasteiger charge is -2.09. The number of hydrogen-bond donors (Lipinski definition) is 1. The fourth-order valence-corrected chi connectivity index (χ4v) is 1.66. The average molecular weight is 293 g/mol. The van der Waals surface area contributed by atoms with E-state index >= 15 is 0 Å². The third kappa shape index (κ3) is 3.86. The molecule has 108 valence electrons. The number of rotatable bonds is 5. The van der Waals surface area contributed by atoms with E-state index in [1.54, 1.807) is 12.1 Å². The number of hydrogen-bond acceptors (Lipinski definition) is 4. The van der Waals surface area contributed by atoms with Crippen molar-refractivity contribution in [1.82, 2.24) is 4.98 Å². The topological polar surface area (TPSA) is 57.9 Å². The van der Waals surface area contributed by atoms with Gasteiger partial charge in [-0.2, -0.15) is 14.0 Å². The van der Waals surface area contributed by atoms with E-state index in [1.807, 2.05) is 0 Å². The van der Waals surface area contributed by atoms with Crippen LogP contribution in [0.4, 0.5) is 18.9 Å². The molecular weight excluding hydrogens is 283 g/mol. The van der Waals surface area contributed by atoms with Crippen molar-refractivity contribution in [3.63, 3.8) is 0 Å². The van der Waals surface area contributed by atoms with Gasteiger partial charge in [-0.15, -0.1) is 0 Å². The maximum atomic E-state index is 13.4. The summed E-state index contributed by atoms with van der Waals surface area (Å²) in [5, 5.41) is 11.8. The minimum atomic E-state index is -2.90. The van der Waals surface area contributed by atoms with Gasteiger partial charge in [0.05, 0.1) is 24.1 Å². The van der Waals surface area contributed by atoms with Crippen LogP contribution in [0, 0.1) is 17.1 Å². The molecule has 0 saturated heterocycles. The van der Waals surface area contributed by atoms with Gasteiger partial charge in [-0.25, -0.2) is 4.39 Å². The summed E-state index contributed by atoms with van der Waals surface area (Å²) in [6, 6.07) is 8.86. The first-order valence-electron chi connectivity index (χ1n) is 5.92. The van der Waals surface area contributed by atoms with Crippen molar-refractivity contribution in [2.75, 3.05) is 5.32 Å². The Labute approximate surface area is 118 Å². The molecule has 2 rings (SSSR count). The van der Waals surface area contributed by atoms with Crippen LogP contribution in [0.5, 0.6) is 5.75 Å². The van der Waals surface area contributed by atoms with Crippen LogP contribution >= 0.6 is 0 Å². The van der Waals surface area contributed by atoms with Crippen LogP contribution < -0.4 is 10.1 Å². The van der Waals surface area contributed by atoms with Crippen LogP contribution in [0.15, 0.2) is 36.5 Å². The van der Waals surface area contributed by atoms with Crippen LogP contribution in [0.3, 0.4) is 0 Å². The number of alkyl halides is 2. The number of benzene rings is 1. The van der Waals surface area contributed by atoms with Gasteiger partial charge in [0.1, 0.15) is 23.2 Å². The third-order valence-electron chi connectivity index (χ3n) is 2.61. The Hall–Kier alpha value is -2.75. The van der Waals surface area contributed by atoms with Gasteiger partial charge in [-0.3, -0.25) is 4.98 Å². The van der Waals surface area contributed by atoms with E-state index in [0.717, 1.165) is 0 Å². The lowest BCUT2D eigenvalue weighted by atomic mass is 10.2. The molecule has 0 fully saturated rings. The van der Waals surface area contributed by atoms with Crippen LogP contribution in [0.2, 0.25) is 0 Å². The Balaban J connectivity index is 2.04. The SMILES string of the molecule is N#Cc1c(F)cccc1NCc1ccc(OC(F)F)cn1. The van der Waals surface area contributed by atoms with Crippen molar-refractivity contribution < 1.29 is 17.9 Å². The first kappa shape index (κ1) is 14.7. The molecule has 0 spiro atoms. The first-order chi connectivity index (χ1) is 10.1. The van der Waals surface area contributed by atoms with E-state index in [2.05, 4.69) is 15.0 Å². The predicted molar refractivity (Wildman–Crippen MR) is 69.3 cm³/mol. The van der Waals surface area contributed by atoms with Crippen molar-refractivity contribution in [2.45, 2.75) is 13.2 Å². The molecule has 7 heteroatoms. The second kappa shape index (κ2) is 6.61. The zero-order valence-corrected chi connectivity index (χ0v) is 10.7. The Bertz CT molecular complexity index is 654. The number of nitrogens with one attached hydrogen (secondary N) is 1. The monoisotopic (exact) mass is 293 g/mol. The quantitative estimate of drug-likeness (QED) is 0.919. The van der Waals surface area contributed by atoms with Gasteiger partial charge in [0.2, 0.25) is 0 Å². The van der Waals surface area contributed by atoms with Crippen LogP contribution in [0.25, 0.3) is 0 Å². The van der Waals surface area contributed by atoms with E-state index in [1.165, 1.54) is 30.5 Å². The summed E-state index contributed by atoms with van der Waals surface area (Å²) in [7, 11) is 0. The second-order valence-corrected chi connectivity index (χ2v) is 3.99. The lowest BCUT2D eigenvalue weighted by Crippen LogP contribution is -2.05. The summed E-state index contributed by atoms with van der Waals surface area (Å²) in [6.45, 7) is -2.69. The van der Waals surface area contributed by atoms with Crippen molar-refractivity contribution >= 4 is 5.69 Å². The minimum absolute atomic E-state index is 0.0442. The molecule has 0 aliphatic carbocycles. The number of ether oxygens (including phenoxy) is 1. The Morgan fingerprint density at radius 3 is 2.71 bits per heavy atom. The van der Waals surface area contributed by atoms with E-state index in [0.29, 0.717) is 11.4 Å². The molecule has 0 saturated carbocycles. The van der Waals surface area contributed by atoms with Crippen LogP contribution in [-0.4, -0.2) is 11.6 Å². The summed E-state index contributed by atoms with van der Waals surface area (Å²) in [5.74, 6) is -0.659. The number of halogens is 3. The number of nitriles is 1. The van der Waals surface area contributed by atoms with Gasteiger partial charge in [0.15, 0.2) is 0 Å². The smallest absolute Gasteiger partial charge is 0.387 e. The highest BCUT2D eigenvalue weighted by Gasteiger charge is 2.08. The largest absolute Gasteiger partial charge is 0.433 e. The van der Waals surface area contributed by atoms with Gasteiger partial charge in [0, 0.05) is 0 Å². The maximum absolute atomic E-state index is 13.4. The summed E-state index contributed by atoms with van der Waals surface area (Å²) in [6.07, 6.45) is 1.17. The molecule has 1 aromatic heterocycles. The minimum Gasteiger partial charge on any atom is -0.433 e. The molecule has 1 N–H and O–H groups in total. The zero-order valence-electron chi connectivity index (χ0n) is 10.7. The van der Waals surface area contributed by atoms with Crippen LogP contribution in [0.1, 0.15) is 11.3 Å². The van der Waals surface area contributed by atoms with Gasteiger partial charge in [-0.05, 0) is 24.3 Å². The number of nitrogens with zero attached hydrogens (tertiary/aromatic N) is 2. The van der Waals surface area contributed by atoms with Gasteiger partial charge < -0.3 is 10.1 Å². The van der Waals surface area contributed by atoms with E-state index in [-0.39, 0.29) is 17.9 Å². The molecule has 0 aliphatic heterocycles.